The molecule has 3 heterocycles. The van der Waals surface area contributed by atoms with Crippen molar-refractivity contribution in [2.75, 3.05) is 31.0 Å². The number of methoxy groups -OCH3 is 1. The van der Waals surface area contributed by atoms with Crippen LogP contribution in [-0.2, 0) is 16.1 Å². The van der Waals surface area contributed by atoms with Crippen LogP contribution in [0.1, 0.15) is 23.5 Å². The number of nitrogens with one attached hydrogen (secondary N) is 2. The molecule has 3 N–H and O–H groups in total. The highest BCUT2D eigenvalue weighted by atomic mass is 32.1. The van der Waals surface area contributed by atoms with E-state index in [-0.39, 0.29) is 25.0 Å². The number of thiophene rings is 1. The Balaban J connectivity index is 1.66. The van der Waals surface area contributed by atoms with E-state index < -0.39 is 5.60 Å². The smallest absolute Gasteiger partial charge is 0.268 e. The fraction of sp³-hybridized carbons (Fsp3) is 0.304. The molecule has 0 saturated carbocycles. The Hall–Kier alpha value is -3.54. The molecule has 0 aliphatic rings. The van der Waals surface area contributed by atoms with Crippen molar-refractivity contribution < 1.29 is 19.4 Å². The van der Waals surface area contributed by atoms with E-state index in [2.05, 4.69) is 20.5 Å². The number of anilines is 2. The summed E-state index contributed by atoms with van der Waals surface area (Å²) < 4.78 is 6.69. The van der Waals surface area contributed by atoms with Crippen molar-refractivity contribution in [2.45, 2.75) is 26.0 Å². The maximum absolute atomic E-state index is 13.0. The molecule has 4 rings (SSSR count). The lowest BCUT2D eigenvalue weighted by molar-refractivity contribution is -0.121. The highest BCUT2D eigenvalue weighted by Crippen LogP contribution is 2.30. The number of aromatic nitrogens is 4. The van der Waals surface area contributed by atoms with Gasteiger partial charge in [-0.15, -0.1) is 11.3 Å². The molecule has 34 heavy (non-hydrogen) atoms. The van der Waals surface area contributed by atoms with Gasteiger partial charge in [0.05, 0.1) is 34.3 Å². The van der Waals surface area contributed by atoms with Crippen LogP contribution in [0, 0.1) is 0 Å². The maximum atomic E-state index is 13.0. The third kappa shape index (κ3) is 5.01. The molecule has 1 aromatic carbocycles. The molecule has 0 bridgehead atoms. The van der Waals surface area contributed by atoms with Crippen molar-refractivity contribution in [3.63, 3.8) is 0 Å². The van der Waals surface area contributed by atoms with Crippen molar-refractivity contribution in [1.82, 2.24) is 19.7 Å². The summed E-state index contributed by atoms with van der Waals surface area (Å²) in [7, 11) is 3.13. The Bertz CT molecular complexity index is 1320. The molecule has 0 atom stereocenters. The van der Waals surface area contributed by atoms with Crippen LogP contribution in [0.2, 0.25) is 0 Å². The molecule has 0 unspecified atom stereocenters. The second-order valence-corrected chi connectivity index (χ2v) is 9.58. The average Bonchev–Trinajstić information content (AvgIpc) is 3.53. The number of imidazole rings is 1. The van der Waals surface area contributed by atoms with Crippen LogP contribution in [0.3, 0.4) is 0 Å². The zero-order chi connectivity index (χ0) is 24.5. The summed E-state index contributed by atoms with van der Waals surface area (Å²) in [6, 6.07) is 8.99. The van der Waals surface area contributed by atoms with Crippen molar-refractivity contribution in [2.24, 2.45) is 0 Å². The monoisotopic (exact) mass is 482 g/mol. The number of benzene rings is 1. The minimum atomic E-state index is -1.05. The maximum Gasteiger partial charge on any atom is 0.268 e. The molecule has 0 aliphatic heterocycles. The minimum Gasteiger partial charge on any atom is -0.389 e. The normalized spacial score (nSPS) is 11.7. The zero-order valence-corrected chi connectivity index (χ0v) is 20.1. The standard InChI is InChI=1S/C23H26N6O4S/c1-23(2,32)13-29-17-6-5-15(28(3)20(30)12-33-4)9-16(17)26-22(29)27-21(31)19-8-7-18(34-19)14-10-24-25-11-14/h5-11,32H,12-13H2,1-4H3,(H,24,25)(H,26,27,31). The van der Waals surface area contributed by atoms with Gasteiger partial charge in [-0.3, -0.25) is 20.0 Å². The molecule has 0 saturated heterocycles. The molecule has 4 aromatic rings. The first-order valence-electron chi connectivity index (χ1n) is 10.5. The summed E-state index contributed by atoms with van der Waals surface area (Å²) in [6.45, 7) is 3.55. The molecule has 0 radical (unpaired) electrons. The number of likely N-dealkylation sites (N-methyl/N-ethyl adjacent to an activating group) is 1. The fourth-order valence-corrected chi connectivity index (χ4v) is 4.38. The molecule has 178 valence electrons. The molecule has 2 amide bonds. The first kappa shape index (κ1) is 23.6. The molecular weight excluding hydrogens is 456 g/mol. The second kappa shape index (κ2) is 9.37. The van der Waals surface area contributed by atoms with E-state index in [1.54, 1.807) is 56.1 Å². The van der Waals surface area contributed by atoms with Gasteiger partial charge in [0.25, 0.3) is 11.8 Å². The lowest BCUT2D eigenvalue weighted by atomic mass is 10.1. The molecule has 10 nitrogen and oxygen atoms in total. The number of carbonyl (C=O) groups is 2. The van der Waals surface area contributed by atoms with Crippen LogP contribution >= 0.6 is 11.3 Å². The van der Waals surface area contributed by atoms with Crippen molar-refractivity contribution in [3.05, 3.63) is 47.6 Å². The van der Waals surface area contributed by atoms with Gasteiger partial charge in [0, 0.05) is 36.5 Å². The number of fused-ring (bicyclic) bond motifs is 1. The molecule has 0 spiro atoms. The van der Waals surface area contributed by atoms with Gasteiger partial charge >= 0.3 is 0 Å². The van der Waals surface area contributed by atoms with Crippen LogP contribution in [0.15, 0.2) is 42.7 Å². The van der Waals surface area contributed by atoms with E-state index in [0.29, 0.717) is 22.0 Å². The lowest BCUT2D eigenvalue weighted by Crippen LogP contribution is -2.29. The second-order valence-electron chi connectivity index (χ2n) is 8.50. The van der Waals surface area contributed by atoms with Gasteiger partial charge < -0.3 is 19.3 Å². The highest BCUT2D eigenvalue weighted by Gasteiger charge is 2.22. The number of aliphatic hydroxyl groups is 1. The van der Waals surface area contributed by atoms with Crippen molar-refractivity contribution in [3.8, 4) is 10.4 Å². The van der Waals surface area contributed by atoms with Crippen molar-refractivity contribution >= 4 is 45.8 Å². The molecule has 0 aliphatic carbocycles. The highest BCUT2D eigenvalue weighted by molar-refractivity contribution is 7.17. The summed E-state index contributed by atoms with van der Waals surface area (Å²) in [5.74, 6) is -0.194. The molecule has 3 aromatic heterocycles. The van der Waals surface area contributed by atoms with Crippen LogP contribution < -0.4 is 10.2 Å². The quantitative estimate of drug-likeness (QED) is 0.354. The number of hydrogen-bond donors (Lipinski definition) is 3. The van der Waals surface area contributed by atoms with E-state index >= 15 is 0 Å². The summed E-state index contributed by atoms with van der Waals surface area (Å²) in [5.41, 5.74) is 1.80. The van der Waals surface area contributed by atoms with Gasteiger partial charge in [-0.1, -0.05) is 0 Å². The third-order valence-electron chi connectivity index (χ3n) is 5.14. The number of rotatable bonds is 8. The van der Waals surface area contributed by atoms with E-state index in [9.17, 15) is 14.7 Å². The first-order chi connectivity index (χ1) is 16.2. The Kier molecular flexibility index (Phi) is 6.51. The van der Waals surface area contributed by atoms with Crippen LogP contribution in [0.25, 0.3) is 21.5 Å². The van der Waals surface area contributed by atoms with E-state index in [0.717, 1.165) is 16.0 Å². The lowest BCUT2D eigenvalue weighted by Gasteiger charge is -2.20. The molecular formula is C23H26N6O4S. The van der Waals surface area contributed by atoms with Gasteiger partial charge in [-0.05, 0) is 44.2 Å². The number of H-pyrrole nitrogens is 1. The fourth-order valence-electron chi connectivity index (χ4n) is 3.50. The number of amides is 2. The van der Waals surface area contributed by atoms with Crippen LogP contribution in [0.5, 0.6) is 0 Å². The Labute approximate surface area is 200 Å². The Morgan fingerprint density at radius 2 is 2.09 bits per heavy atom. The SMILES string of the molecule is COCC(=O)N(C)c1ccc2c(c1)nc(NC(=O)c1ccc(-c3cn[nH]c3)s1)n2CC(C)(C)O. The van der Waals surface area contributed by atoms with Gasteiger partial charge in [0.2, 0.25) is 5.95 Å². The Morgan fingerprint density at radius 1 is 1.29 bits per heavy atom. The van der Waals surface area contributed by atoms with Gasteiger partial charge in [0.1, 0.15) is 6.61 Å². The predicted molar refractivity (Wildman–Crippen MR) is 131 cm³/mol. The number of nitrogens with zero attached hydrogens (tertiary/aromatic N) is 4. The van der Waals surface area contributed by atoms with E-state index in [1.165, 1.54) is 23.3 Å². The Morgan fingerprint density at radius 3 is 2.76 bits per heavy atom. The number of aromatic amines is 1. The third-order valence-corrected chi connectivity index (χ3v) is 6.28. The van der Waals surface area contributed by atoms with Crippen molar-refractivity contribution in [1.29, 1.82) is 0 Å². The van der Waals surface area contributed by atoms with Gasteiger partial charge in [-0.2, -0.15) is 5.10 Å². The van der Waals surface area contributed by atoms with Crippen LogP contribution in [-0.4, -0.2) is 63.0 Å². The molecule has 0 fully saturated rings. The molecule has 11 heteroatoms. The van der Waals surface area contributed by atoms with E-state index in [1.807, 2.05) is 12.1 Å². The topological polar surface area (TPSA) is 125 Å². The van der Waals surface area contributed by atoms with Gasteiger partial charge in [0.15, 0.2) is 0 Å². The minimum absolute atomic E-state index is 0.0371. The number of hydrogen-bond acceptors (Lipinski definition) is 7. The van der Waals surface area contributed by atoms with E-state index in [4.69, 9.17) is 4.74 Å². The number of ether oxygens (including phenoxy) is 1. The zero-order valence-electron chi connectivity index (χ0n) is 19.3. The average molecular weight is 483 g/mol. The predicted octanol–water partition coefficient (Wildman–Crippen LogP) is 3.12. The first-order valence-corrected chi connectivity index (χ1v) is 11.4. The summed E-state index contributed by atoms with van der Waals surface area (Å²) in [4.78, 5) is 32.8. The summed E-state index contributed by atoms with van der Waals surface area (Å²) in [6.07, 6.45) is 3.46. The largest absolute Gasteiger partial charge is 0.389 e. The van der Waals surface area contributed by atoms with Gasteiger partial charge in [-0.25, -0.2) is 4.98 Å². The van der Waals surface area contributed by atoms with Crippen LogP contribution in [0.4, 0.5) is 11.6 Å². The summed E-state index contributed by atoms with van der Waals surface area (Å²) >= 11 is 1.34. The summed E-state index contributed by atoms with van der Waals surface area (Å²) in [5, 5.41) is 20.1. The number of carbonyl (C=O) groups excluding carboxylic acids is 2.